The van der Waals surface area contributed by atoms with Crippen molar-refractivity contribution in [2.75, 3.05) is 11.9 Å². The third-order valence-corrected chi connectivity index (χ3v) is 4.12. The van der Waals surface area contributed by atoms with Gasteiger partial charge in [0.2, 0.25) is 0 Å². The van der Waals surface area contributed by atoms with Crippen molar-refractivity contribution in [1.82, 2.24) is 10.3 Å². The van der Waals surface area contributed by atoms with E-state index in [1.165, 1.54) is 4.88 Å². The summed E-state index contributed by atoms with van der Waals surface area (Å²) in [6.45, 7) is 0.811. The number of thiophene rings is 1. The van der Waals surface area contributed by atoms with E-state index in [2.05, 4.69) is 43.7 Å². The zero-order valence-electron chi connectivity index (χ0n) is 9.52. The van der Waals surface area contributed by atoms with Crippen LogP contribution in [0, 0.1) is 0 Å². The van der Waals surface area contributed by atoms with Crippen molar-refractivity contribution in [2.24, 2.45) is 0 Å². The molecule has 0 bridgehead atoms. The predicted molar refractivity (Wildman–Crippen MR) is 84.2 cm³/mol. The Hall–Kier alpha value is -0.980. The van der Waals surface area contributed by atoms with E-state index >= 15 is 0 Å². The smallest absolute Gasteiger partial charge is 0.171 e. The molecule has 2 N–H and O–H groups in total. The molecule has 18 heavy (non-hydrogen) atoms. The Morgan fingerprint density at radius 1 is 1.33 bits per heavy atom. The van der Waals surface area contributed by atoms with Gasteiger partial charge in [-0.1, -0.05) is 6.07 Å². The average molecular weight is 342 g/mol. The lowest BCUT2D eigenvalue weighted by Gasteiger charge is -2.08. The minimum atomic E-state index is 0.601. The van der Waals surface area contributed by atoms with Crippen LogP contribution >= 0.6 is 39.5 Å². The quantitative estimate of drug-likeness (QED) is 0.835. The Bertz CT molecular complexity index is 513. The lowest BCUT2D eigenvalue weighted by Crippen LogP contribution is -2.30. The van der Waals surface area contributed by atoms with E-state index in [0.717, 1.165) is 22.6 Å². The molecule has 2 aromatic rings. The molecule has 3 nitrogen and oxygen atoms in total. The Balaban J connectivity index is 1.72. The van der Waals surface area contributed by atoms with Crippen LogP contribution in [0.5, 0.6) is 0 Å². The van der Waals surface area contributed by atoms with Crippen LogP contribution in [0.3, 0.4) is 0 Å². The van der Waals surface area contributed by atoms with Crippen LogP contribution in [0.2, 0.25) is 0 Å². The Labute approximate surface area is 124 Å². The van der Waals surface area contributed by atoms with Crippen LogP contribution in [0.15, 0.2) is 40.3 Å². The monoisotopic (exact) mass is 341 g/mol. The van der Waals surface area contributed by atoms with E-state index in [0.29, 0.717) is 5.11 Å². The number of hydrogen-bond acceptors (Lipinski definition) is 3. The van der Waals surface area contributed by atoms with Crippen LogP contribution in [0.4, 0.5) is 5.82 Å². The highest BCUT2D eigenvalue weighted by Gasteiger charge is 2.00. The molecule has 0 aliphatic carbocycles. The lowest BCUT2D eigenvalue weighted by atomic mass is 10.3. The fourth-order valence-electron chi connectivity index (χ4n) is 1.38. The maximum Gasteiger partial charge on any atom is 0.171 e. The van der Waals surface area contributed by atoms with Crippen LogP contribution in [0.1, 0.15) is 4.88 Å². The van der Waals surface area contributed by atoms with Gasteiger partial charge in [0.1, 0.15) is 5.82 Å². The van der Waals surface area contributed by atoms with Gasteiger partial charge in [-0.3, -0.25) is 0 Å². The molecule has 0 spiro atoms. The number of anilines is 1. The zero-order valence-corrected chi connectivity index (χ0v) is 12.7. The Morgan fingerprint density at radius 2 is 2.22 bits per heavy atom. The molecule has 0 aliphatic rings. The first-order valence-electron chi connectivity index (χ1n) is 5.44. The van der Waals surface area contributed by atoms with Gasteiger partial charge in [-0.15, -0.1) is 11.3 Å². The molecule has 0 aromatic carbocycles. The maximum atomic E-state index is 5.19. The number of pyridine rings is 1. The largest absolute Gasteiger partial charge is 0.362 e. The molecule has 0 amide bonds. The molecule has 2 heterocycles. The fraction of sp³-hybridized carbons (Fsp3) is 0.167. The minimum Gasteiger partial charge on any atom is -0.362 e. The minimum absolute atomic E-state index is 0.601. The second kappa shape index (κ2) is 6.82. The molecule has 2 aromatic heterocycles. The van der Waals surface area contributed by atoms with Crippen molar-refractivity contribution in [3.05, 3.63) is 45.2 Å². The highest BCUT2D eigenvalue weighted by atomic mass is 79.9. The first-order chi connectivity index (χ1) is 8.74. The summed E-state index contributed by atoms with van der Waals surface area (Å²) >= 11 is 10.4. The van der Waals surface area contributed by atoms with Gasteiger partial charge in [-0.25, -0.2) is 4.98 Å². The van der Waals surface area contributed by atoms with Gasteiger partial charge >= 0.3 is 0 Å². The Morgan fingerprint density at radius 3 is 2.89 bits per heavy atom. The molecule has 0 atom stereocenters. The summed E-state index contributed by atoms with van der Waals surface area (Å²) in [4.78, 5) is 5.47. The number of aromatic nitrogens is 1. The summed E-state index contributed by atoms with van der Waals surface area (Å²) in [5.41, 5.74) is 0. The van der Waals surface area contributed by atoms with Gasteiger partial charge in [0, 0.05) is 17.6 Å². The number of hydrogen-bond donors (Lipinski definition) is 2. The lowest BCUT2D eigenvalue weighted by molar-refractivity contribution is 0.884. The number of rotatable bonds is 4. The third-order valence-electron chi connectivity index (χ3n) is 2.19. The van der Waals surface area contributed by atoms with Crippen molar-refractivity contribution in [3.63, 3.8) is 0 Å². The second-order valence-electron chi connectivity index (χ2n) is 3.55. The van der Waals surface area contributed by atoms with Gasteiger partial charge in [0.05, 0.1) is 3.79 Å². The molecule has 0 unspecified atom stereocenters. The number of thiocarbonyl (C=S) groups is 1. The molecular weight excluding hydrogens is 330 g/mol. The summed E-state index contributed by atoms with van der Waals surface area (Å²) in [5, 5.41) is 6.80. The Kier molecular flexibility index (Phi) is 5.10. The van der Waals surface area contributed by atoms with Gasteiger partial charge in [-0.05, 0) is 58.8 Å². The van der Waals surface area contributed by atoms with Crippen molar-refractivity contribution < 1.29 is 0 Å². The molecule has 0 fully saturated rings. The molecule has 0 saturated heterocycles. The van der Waals surface area contributed by atoms with Gasteiger partial charge in [-0.2, -0.15) is 0 Å². The highest BCUT2D eigenvalue weighted by molar-refractivity contribution is 9.11. The molecule has 6 heteroatoms. The summed E-state index contributed by atoms with van der Waals surface area (Å²) < 4.78 is 1.16. The van der Waals surface area contributed by atoms with E-state index in [1.807, 2.05) is 18.2 Å². The third kappa shape index (κ3) is 4.36. The van der Waals surface area contributed by atoms with Gasteiger partial charge in [0.25, 0.3) is 0 Å². The zero-order chi connectivity index (χ0) is 12.8. The molecule has 0 saturated carbocycles. The molecule has 94 valence electrons. The van der Waals surface area contributed by atoms with Crippen LogP contribution < -0.4 is 10.6 Å². The van der Waals surface area contributed by atoms with Crippen LogP contribution in [-0.2, 0) is 6.42 Å². The highest BCUT2D eigenvalue weighted by Crippen LogP contribution is 2.21. The first-order valence-corrected chi connectivity index (χ1v) is 7.46. The molecule has 2 rings (SSSR count). The van der Waals surface area contributed by atoms with E-state index in [1.54, 1.807) is 17.5 Å². The molecular formula is C12H12BrN3S2. The van der Waals surface area contributed by atoms with E-state index in [9.17, 15) is 0 Å². The summed E-state index contributed by atoms with van der Waals surface area (Å²) in [6, 6.07) is 9.85. The van der Waals surface area contributed by atoms with Crippen LogP contribution in [0.25, 0.3) is 0 Å². The number of halogens is 1. The van der Waals surface area contributed by atoms with Crippen molar-refractivity contribution >= 4 is 50.4 Å². The topological polar surface area (TPSA) is 37.0 Å². The van der Waals surface area contributed by atoms with Crippen molar-refractivity contribution in [2.45, 2.75) is 6.42 Å². The summed E-state index contributed by atoms with van der Waals surface area (Å²) in [7, 11) is 0. The average Bonchev–Trinajstić information content (AvgIpc) is 2.76. The number of nitrogens with zero attached hydrogens (tertiary/aromatic N) is 1. The predicted octanol–water partition coefficient (Wildman–Crippen LogP) is 3.43. The summed E-state index contributed by atoms with van der Waals surface area (Å²) in [6.07, 6.45) is 2.69. The van der Waals surface area contributed by atoms with Crippen LogP contribution in [-0.4, -0.2) is 16.6 Å². The standard InChI is InChI=1S/C12H12BrN3S2/c13-10-5-4-9(18-10)6-8-15-12(17)16-11-3-1-2-7-14-11/h1-5,7H,6,8H2,(H2,14,15,16,17). The SMILES string of the molecule is S=C(NCCc1ccc(Br)s1)Nc1ccccn1. The van der Waals surface area contributed by atoms with Crippen molar-refractivity contribution in [3.8, 4) is 0 Å². The normalized spacial score (nSPS) is 10.1. The molecule has 0 aliphatic heterocycles. The first kappa shape index (κ1) is 13.5. The van der Waals surface area contributed by atoms with E-state index in [4.69, 9.17) is 12.2 Å². The second-order valence-corrected chi connectivity index (χ2v) is 6.51. The van der Waals surface area contributed by atoms with Gasteiger partial charge in [0.15, 0.2) is 5.11 Å². The van der Waals surface area contributed by atoms with E-state index < -0.39 is 0 Å². The molecule has 0 radical (unpaired) electrons. The van der Waals surface area contributed by atoms with E-state index in [-0.39, 0.29) is 0 Å². The fourth-order valence-corrected chi connectivity index (χ4v) is 3.07. The summed E-state index contributed by atoms with van der Waals surface area (Å²) in [5.74, 6) is 0.758. The van der Waals surface area contributed by atoms with Crippen molar-refractivity contribution in [1.29, 1.82) is 0 Å². The number of nitrogens with one attached hydrogen (secondary N) is 2. The van der Waals surface area contributed by atoms with Gasteiger partial charge < -0.3 is 10.6 Å². The maximum absolute atomic E-state index is 5.19.